The molecular weight excluding hydrogens is 451 g/mol. The van der Waals surface area contributed by atoms with Crippen LogP contribution in [0.4, 0.5) is 0 Å². The average molecular weight is 482 g/mol. The molecule has 0 aliphatic carbocycles. The van der Waals surface area contributed by atoms with E-state index in [1.807, 2.05) is 19.9 Å². The molecule has 144 valence electrons. The van der Waals surface area contributed by atoms with E-state index in [1.54, 1.807) is 0 Å². The van der Waals surface area contributed by atoms with Crippen LogP contribution in [0.5, 0.6) is 0 Å². The summed E-state index contributed by atoms with van der Waals surface area (Å²) in [5.74, 6) is 0.751. The van der Waals surface area contributed by atoms with Crippen LogP contribution in [0.3, 0.4) is 0 Å². The van der Waals surface area contributed by atoms with Gasteiger partial charge in [-0.25, -0.2) is 17.7 Å². The zero-order chi connectivity index (χ0) is 18.0. The fraction of sp³-hybridized carbons (Fsp3) is 0.588. The predicted octanol–water partition coefficient (Wildman–Crippen LogP) is 2.34. The van der Waals surface area contributed by atoms with Gasteiger partial charge < -0.3 is 10.6 Å². The Labute approximate surface area is 169 Å². The predicted molar refractivity (Wildman–Crippen MR) is 116 cm³/mol. The van der Waals surface area contributed by atoms with Gasteiger partial charge in [0.05, 0.1) is 12.8 Å². The molecular formula is C17H31IN4O2S. The van der Waals surface area contributed by atoms with Gasteiger partial charge in [0.1, 0.15) is 0 Å². The van der Waals surface area contributed by atoms with Crippen molar-refractivity contribution in [1.29, 1.82) is 0 Å². The number of nitrogens with one attached hydrogen (secondary N) is 2. The molecule has 1 aromatic rings. The lowest BCUT2D eigenvalue weighted by atomic mass is 10.1. The van der Waals surface area contributed by atoms with Crippen LogP contribution in [-0.2, 0) is 16.6 Å². The summed E-state index contributed by atoms with van der Waals surface area (Å²) in [7, 11) is -3.12. The van der Waals surface area contributed by atoms with Crippen LogP contribution < -0.4 is 10.6 Å². The van der Waals surface area contributed by atoms with Gasteiger partial charge in [-0.3, -0.25) is 0 Å². The van der Waals surface area contributed by atoms with Crippen molar-refractivity contribution < 1.29 is 8.42 Å². The van der Waals surface area contributed by atoms with Gasteiger partial charge in [0.15, 0.2) is 5.96 Å². The topological polar surface area (TPSA) is 73.8 Å². The molecule has 1 rings (SSSR count). The number of halogens is 1. The molecule has 0 radical (unpaired) electrons. The molecule has 0 amide bonds. The van der Waals surface area contributed by atoms with E-state index in [1.165, 1.54) is 21.7 Å². The minimum Gasteiger partial charge on any atom is -0.357 e. The summed E-state index contributed by atoms with van der Waals surface area (Å²) in [5, 5.41) is 6.46. The Morgan fingerprint density at radius 2 is 1.96 bits per heavy atom. The Bertz CT molecular complexity index is 635. The van der Waals surface area contributed by atoms with Crippen LogP contribution in [0.1, 0.15) is 31.4 Å². The second-order valence-corrected chi connectivity index (χ2v) is 7.70. The third-order valence-corrected chi connectivity index (χ3v) is 4.92. The SMILES string of the molecule is CCNC(=NCc1cccc(C)c1)NCCCN(CC)S(C)(=O)=O.I. The van der Waals surface area contributed by atoms with Gasteiger partial charge in [0, 0.05) is 26.2 Å². The number of aliphatic imine (C=N–C) groups is 1. The number of sulfonamides is 1. The Kier molecular flexibility index (Phi) is 12.0. The summed E-state index contributed by atoms with van der Waals surface area (Å²) in [6.45, 7) is 9.02. The second-order valence-electron chi connectivity index (χ2n) is 5.72. The summed E-state index contributed by atoms with van der Waals surface area (Å²) in [6.07, 6.45) is 1.98. The molecule has 0 bridgehead atoms. The van der Waals surface area contributed by atoms with Crippen molar-refractivity contribution >= 4 is 40.0 Å². The van der Waals surface area contributed by atoms with E-state index in [2.05, 4.69) is 40.7 Å². The van der Waals surface area contributed by atoms with Gasteiger partial charge in [-0.05, 0) is 25.8 Å². The number of aryl methyl sites for hydroxylation is 1. The molecule has 0 aromatic heterocycles. The lowest BCUT2D eigenvalue weighted by molar-refractivity contribution is 0.424. The highest BCUT2D eigenvalue weighted by Gasteiger charge is 2.13. The second kappa shape index (κ2) is 12.5. The molecule has 0 aliphatic heterocycles. The Hall–Kier alpha value is -0.870. The van der Waals surface area contributed by atoms with E-state index >= 15 is 0 Å². The van der Waals surface area contributed by atoms with E-state index in [9.17, 15) is 8.42 Å². The van der Waals surface area contributed by atoms with Crippen LogP contribution in [0.15, 0.2) is 29.3 Å². The van der Waals surface area contributed by atoms with Crippen LogP contribution in [0, 0.1) is 6.92 Å². The molecule has 8 heteroatoms. The number of rotatable bonds is 9. The van der Waals surface area contributed by atoms with E-state index in [0.29, 0.717) is 26.2 Å². The molecule has 0 spiro atoms. The lowest BCUT2D eigenvalue weighted by Crippen LogP contribution is -2.39. The zero-order valence-electron chi connectivity index (χ0n) is 15.6. The monoisotopic (exact) mass is 482 g/mol. The van der Waals surface area contributed by atoms with Gasteiger partial charge in [-0.2, -0.15) is 0 Å². The van der Waals surface area contributed by atoms with Gasteiger partial charge in [0.25, 0.3) is 0 Å². The molecule has 0 unspecified atom stereocenters. The van der Waals surface area contributed by atoms with Crippen molar-refractivity contribution in [2.75, 3.05) is 32.4 Å². The van der Waals surface area contributed by atoms with E-state index in [4.69, 9.17) is 0 Å². The maximum absolute atomic E-state index is 11.5. The molecule has 0 saturated heterocycles. The standard InChI is InChI=1S/C17H30N4O2S.HI/c1-5-18-17(20-14-16-10-7-9-15(3)13-16)19-11-8-12-21(6-2)24(4,22)23;/h7,9-10,13H,5-6,8,11-12,14H2,1-4H3,(H2,18,19,20);1H. The quantitative estimate of drug-likeness (QED) is 0.245. The average Bonchev–Trinajstić information content (AvgIpc) is 2.51. The number of nitrogens with zero attached hydrogens (tertiary/aromatic N) is 2. The number of benzene rings is 1. The normalized spacial score (nSPS) is 12.0. The summed E-state index contributed by atoms with van der Waals surface area (Å²) < 4.78 is 24.6. The smallest absolute Gasteiger partial charge is 0.211 e. The third-order valence-electron chi connectivity index (χ3n) is 3.54. The highest BCUT2D eigenvalue weighted by molar-refractivity contribution is 14.0. The van der Waals surface area contributed by atoms with Crippen molar-refractivity contribution in [2.45, 2.75) is 33.7 Å². The molecule has 0 atom stereocenters. The Morgan fingerprint density at radius 1 is 1.24 bits per heavy atom. The fourth-order valence-corrected chi connectivity index (χ4v) is 3.27. The lowest BCUT2D eigenvalue weighted by Gasteiger charge is -2.18. The Morgan fingerprint density at radius 3 is 2.52 bits per heavy atom. The maximum atomic E-state index is 11.5. The highest BCUT2D eigenvalue weighted by atomic mass is 127. The number of hydrogen-bond acceptors (Lipinski definition) is 3. The van der Waals surface area contributed by atoms with E-state index in [-0.39, 0.29) is 24.0 Å². The molecule has 0 fully saturated rings. The number of guanidine groups is 1. The first kappa shape index (κ1) is 24.1. The van der Waals surface area contributed by atoms with Crippen molar-refractivity contribution in [3.05, 3.63) is 35.4 Å². The first-order valence-electron chi connectivity index (χ1n) is 8.39. The largest absolute Gasteiger partial charge is 0.357 e. The minimum absolute atomic E-state index is 0. The molecule has 6 nitrogen and oxygen atoms in total. The Balaban J connectivity index is 0.00000576. The van der Waals surface area contributed by atoms with Crippen LogP contribution in [0.2, 0.25) is 0 Å². The molecule has 0 saturated carbocycles. The summed E-state index contributed by atoms with van der Waals surface area (Å²) in [6, 6.07) is 8.28. The van der Waals surface area contributed by atoms with Crippen molar-refractivity contribution in [2.24, 2.45) is 4.99 Å². The maximum Gasteiger partial charge on any atom is 0.211 e. The van der Waals surface area contributed by atoms with Crippen molar-refractivity contribution in [3.63, 3.8) is 0 Å². The van der Waals surface area contributed by atoms with Gasteiger partial charge in [-0.1, -0.05) is 36.8 Å². The first-order chi connectivity index (χ1) is 11.4. The highest BCUT2D eigenvalue weighted by Crippen LogP contribution is 2.05. The first-order valence-corrected chi connectivity index (χ1v) is 10.2. The fourth-order valence-electron chi connectivity index (χ4n) is 2.34. The van der Waals surface area contributed by atoms with Gasteiger partial charge in [-0.15, -0.1) is 24.0 Å². The summed E-state index contributed by atoms with van der Waals surface area (Å²) in [4.78, 5) is 4.57. The van der Waals surface area contributed by atoms with E-state index in [0.717, 1.165) is 18.9 Å². The molecule has 2 N–H and O–H groups in total. The van der Waals surface area contributed by atoms with Gasteiger partial charge >= 0.3 is 0 Å². The van der Waals surface area contributed by atoms with Crippen molar-refractivity contribution in [3.8, 4) is 0 Å². The van der Waals surface area contributed by atoms with Crippen LogP contribution >= 0.6 is 24.0 Å². The molecule has 0 aliphatic rings. The van der Waals surface area contributed by atoms with Crippen LogP contribution in [-0.4, -0.2) is 51.1 Å². The van der Waals surface area contributed by atoms with Crippen molar-refractivity contribution in [1.82, 2.24) is 14.9 Å². The third kappa shape index (κ3) is 10.0. The molecule has 0 heterocycles. The van der Waals surface area contributed by atoms with Gasteiger partial charge in [0.2, 0.25) is 10.0 Å². The summed E-state index contributed by atoms with van der Waals surface area (Å²) in [5.41, 5.74) is 2.39. The summed E-state index contributed by atoms with van der Waals surface area (Å²) >= 11 is 0. The molecule has 25 heavy (non-hydrogen) atoms. The van der Waals surface area contributed by atoms with Crippen LogP contribution in [0.25, 0.3) is 0 Å². The minimum atomic E-state index is -3.12. The zero-order valence-corrected chi connectivity index (χ0v) is 18.7. The number of hydrogen-bond donors (Lipinski definition) is 2. The molecule has 1 aromatic carbocycles. The van der Waals surface area contributed by atoms with E-state index < -0.39 is 10.0 Å².